The molecule has 0 saturated carbocycles. The summed E-state index contributed by atoms with van der Waals surface area (Å²) in [6, 6.07) is 0. The van der Waals surface area contributed by atoms with Crippen LogP contribution in [0.5, 0.6) is 0 Å². The molecule has 1 amide bonds. The summed E-state index contributed by atoms with van der Waals surface area (Å²) in [4.78, 5) is 47.5. The summed E-state index contributed by atoms with van der Waals surface area (Å²) in [7, 11) is 0. The van der Waals surface area contributed by atoms with Crippen LogP contribution in [-0.2, 0) is 40.1 Å². The number of carbonyl (C=O) groups is 2. The fourth-order valence-electron chi connectivity index (χ4n) is 3.41. The highest BCUT2D eigenvalue weighted by atomic mass is 32.1. The lowest BCUT2D eigenvalue weighted by atomic mass is 9.97. The van der Waals surface area contributed by atoms with Crippen molar-refractivity contribution >= 4 is 49.9 Å². The molecule has 0 saturated heterocycles. The van der Waals surface area contributed by atoms with Gasteiger partial charge in [0.25, 0.3) is 5.56 Å². The Morgan fingerprint density at radius 2 is 2.14 bits per heavy atom. The molecule has 0 radical (unpaired) electrons. The molecule has 0 unspecified atom stereocenters. The number of esters is 1. The number of aryl methyl sites for hydroxylation is 2. The predicted octanol–water partition coefficient (Wildman–Crippen LogP) is 2.54. The number of thiazole rings is 1. The molecule has 3 aromatic heterocycles. The second-order valence-electron chi connectivity index (χ2n) is 6.74. The van der Waals surface area contributed by atoms with Gasteiger partial charge in [0, 0.05) is 10.3 Å². The first-order chi connectivity index (χ1) is 14.0. The molecular formula is C19H20N4O4S2. The van der Waals surface area contributed by atoms with Gasteiger partial charge >= 0.3 is 5.97 Å². The second kappa shape index (κ2) is 8.42. The van der Waals surface area contributed by atoms with E-state index in [0.29, 0.717) is 22.8 Å². The molecular weight excluding hydrogens is 412 g/mol. The van der Waals surface area contributed by atoms with E-state index in [1.165, 1.54) is 27.1 Å². The van der Waals surface area contributed by atoms with Gasteiger partial charge in [-0.25, -0.2) is 9.97 Å². The molecule has 0 atom stereocenters. The highest BCUT2D eigenvalue weighted by Crippen LogP contribution is 2.33. The van der Waals surface area contributed by atoms with Crippen LogP contribution in [0, 0.1) is 0 Å². The van der Waals surface area contributed by atoms with Crippen molar-refractivity contribution in [2.45, 2.75) is 45.6 Å². The Morgan fingerprint density at radius 3 is 2.97 bits per heavy atom. The Balaban J connectivity index is 1.47. The number of nitrogens with zero attached hydrogens (tertiary/aromatic N) is 3. The molecule has 1 aliphatic carbocycles. The number of carbonyl (C=O) groups excluding carboxylic acids is 2. The molecule has 3 heterocycles. The standard InChI is InChI=1S/C19H20N4O4S2/c1-2-27-15(25)7-11-9-28-19(21-11)22-14(24)8-23-10-20-17-16(18(23)26)12-5-3-4-6-13(12)29-17/h9-10H,2-8H2,1H3,(H,21,22,24). The number of hydrogen-bond acceptors (Lipinski definition) is 8. The summed E-state index contributed by atoms with van der Waals surface area (Å²) >= 11 is 2.81. The van der Waals surface area contributed by atoms with E-state index in [0.717, 1.165) is 36.1 Å². The molecule has 0 bridgehead atoms. The normalized spacial score (nSPS) is 13.3. The monoisotopic (exact) mass is 432 g/mol. The number of rotatable bonds is 6. The minimum atomic E-state index is -0.366. The van der Waals surface area contributed by atoms with Crippen LogP contribution >= 0.6 is 22.7 Å². The van der Waals surface area contributed by atoms with Crippen LogP contribution < -0.4 is 10.9 Å². The Kier molecular flexibility index (Phi) is 5.72. The zero-order chi connectivity index (χ0) is 20.4. The summed E-state index contributed by atoms with van der Waals surface area (Å²) in [6.45, 7) is 1.91. The lowest BCUT2D eigenvalue weighted by Gasteiger charge is -2.10. The zero-order valence-electron chi connectivity index (χ0n) is 15.9. The van der Waals surface area contributed by atoms with Gasteiger partial charge in [0.05, 0.1) is 30.4 Å². The minimum Gasteiger partial charge on any atom is -0.466 e. The van der Waals surface area contributed by atoms with Gasteiger partial charge in [0.1, 0.15) is 11.4 Å². The smallest absolute Gasteiger partial charge is 0.311 e. The number of ether oxygens (including phenoxy) is 1. The average Bonchev–Trinajstić information content (AvgIpc) is 3.28. The largest absolute Gasteiger partial charge is 0.466 e. The summed E-state index contributed by atoms with van der Waals surface area (Å²) in [6.07, 6.45) is 5.59. The first-order valence-corrected chi connectivity index (χ1v) is 11.1. The second-order valence-corrected chi connectivity index (χ2v) is 8.68. The van der Waals surface area contributed by atoms with E-state index >= 15 is 0 Å². The van der Waals surface area contributed by atoms with Crippen molar-refractivity contribution in [2.24, 2.45) is 0 Å². The quantitative estimate of drug-likeness (QED) is 0.601. The van der Waals surface area contributed by atoms with Gasteiger partial charge < -0.3 is 10.1 Å². The van der Waals surface area contributed by atoms with Crippen LogP contribution in [0.15, 0.2) is 16.5 Å². The predicted molar refractivity (Wildman–Crippen MR) is 112 cm³/mol. The molecule has 29 heavy (non-hydrogen) atoms. The lowest BCUT2D eigenvalue weighted by molar-refractivity contribution is -0.142. The Bertz CT molecular complexity index is 1130. The molecule has 1 N–H and O–H groups in total. The van der Waals surface area contributed by atoms with Crippen LogP contribution in [0.25, 0.3) is 10.2 Å². The van der Waals surface area contributed by atoms with Crippen molar-refractivity contribution in [1.82, 2.24) is 14.5 Å². The Hall–Kier alpha value is -2.59. The van der Waals surface area contributed by atoms with Crippen LogP contribution in [0.3, 0.4) is 0 Å². The number of nitrogens with one attached hydrogen (secondary N) is 1. The van der Waals surface area contributed by atoms with Gasteiger partial charge in [-0.2, -0.15) is 0 Å². The van der Waals surface area contributed by atoms with Gasteiger partial charge in [-0.1, -0.05) is 0 Å². The Morgan fingerprint density at radius 1 is 1.31 bits per heavy atom. The zero-order valence-corrected chi connectivity index (χ0v) is 17.5. The van der Waals surface area contributed by atoms with Gasteiger partial charge in [-0.15, -0.1) is 22.7 Å². The van der Waals surface area contributed by atoms with Crippen molar-refractivity contribution in [3.05, 3.63) is 38.2 Å². The van der Waals surface area contributed by atoms with Crippen molar-refractivity contribution in [3.8, 4) is 0 Å². The highest BCUT2D eigenvalue weighted by Gasteiger charge is 2.20. The van der Waals surface area contributed by atoms with Gasteiger partial charge in [-0.3, -0.25) is 19.0 Å². The van der Waals surface area contributed by atoms with Crippen LogP contribution in [0.2, 0.25) is 0 Å². The number of aromatic nitrogens is 3. The maximum atomic E-state index is 12.9. The van der Waals surface area contributed by atoms with Crippen molar-refractivity contribution in [1.29, 1.82) is 0 Å². The van der Waals surface area contributed by atoms with Gasteiger partial charge in [-0.05, 0) is 38.2 Å². The summed E-state index contributed by atoms with van der Waals surface area (Å²) in [5.74, 6) is -0.727. The van der Waals surface area contributed by atoms with Gasteiger partial charge in [0.15, 0.2) is 5.13 Å². The third-order valence-electron chi connectivity index (χ3n) is 4.68. The van der Waals surface area contributed by atoms with Crippen molar-refractivity contribution in [2.75, 3.05) is 11.9 Å². The Labute approximate surface area is 174 Å². The van der Waals surface area contributed by atoms with E-state index in [1.54, 1.807) is 23.6 Å². The molecule has 4 rings (SSSR count). The summed E-state index contributed by atoms with van der Waals surface area (Å²) < 4.78 is 6.23. The third-order valence-corrected chi connectivity index (χ3v) is 6.69. The van der Waals surface area contributed by atoms with E-state index in [9.17, 15) is 14.4 Å². The topological polar surface area (TPSA) is 103 Å². The average molecular weight is 433 g/mol. The molecule has 152 valence electrons. The van der Waals surface area contributed by atoms with E-state index in [2.05, 4.69) is 15.3 Å². The van der Waals surface area contributed by atoms with E-state index in [-0.39, 0.29) is 30.4 Å². The number of fused-ring (bicyclic) bond motifs is 3. The van der Waals surface area contributed by atoms with E-state index < -0.39 is 0 Å². The molecule has 0 aromatic carbocycles. The van der Waals surface area contributed by atoms with Crippen LogP contribution in [0.1, 0.15) is 35.9 Å². The number of amides is 1. The molecule has 1 aliphatic rings. The first kappa shape index (κ1) is 19.7. The van der Waals surface area contributed by atoms with E-state index in [1.807, 2.05) is 0 Å². The fourth-order valence-corrected chi connectivity index (χ4v) is 5.36. The molecule has 8 nitrogen and oxygen atoms in total. The SMILES string of the molecule is CCOC(=O)Cc1csc(NC(=O)Cn2cnc3sc4c(c3c2=O)CCCC4)n1. The minimum absolute atomic E-state index is 0.0590. The van der Waals surface area contributed by atoms with Crippen LogP contribution in [0.4, 0.5) is 5.13 Å². The molecule has 0 spiro atoms. The highest BCUT2D eigenvalue weighted by molar-refractivity contribution is 7.18. The van der Waals surface area contributed by atoms with Gasteiger partial charge in [0.2, 0.25) is 5.91 Å². The van der Waals surface area contributed by atoms with E-state index in [4.69, 9.17) is 4.74 Å². The molecule has 10 heteroatoms. The van der Waals surface area contributed by atoms with Crippen molar-refractivity contribution in [3.63, 3.8) is 0 Å². The summed E-state index contributed by atoms with van der Waals surface area (Å²) in [5, 5.41) is 5.41. The third kappa shape index (κ3) is 4.23. The molecule has 0 fully saturated rings. The first-order valence-electron chi connectivity index (χ1n) is 9.44. The van der Waals surface area contributed by atoms with Crippen molar-refractivity contribution < 1.29 is 14.3 Å². The molecule has 0 aliphatic heterocycles. The lowest BCUT2D eigenvalue weighted by Crippen LogP contribution is -2.28. The number of hydrogen-bond donors (Lipinski definition) is 1. The van der Waals surface area contributed by atoms with Crippen LogP contribution in [-0.4, -0.2) is 33.0 Å². The number of anilines is 1. The maximum Gasteiger partial charge on any atom is 0.311 e. The number of thiophene rings is 1. The maximum absolute atomic E-state index is 12.9. The fraction of sp³-hybridized carbons (Fsp3) is 0.421. The summed E-state index contributed by atoms with van der Waals surface area (Å²) in [5.41, 5.74) is 1.47. The molecule has 3 aromatic rings.